The second-order valence-corrected chi connectivity index (χ2v) is 7.66. The SMILES string of the molecule is COc1ccc(Br)cc1C[NH+](C)Cc1cc(=O)oc2c(C)c(C)ccc12. The minimum absolute atomic E-state index is 0.297. The molecule has 3 aromatic rings. The molecule has 1 atom stereocenters. The van der Waals surface area contributed by atoms with Crippen molar-refractivity contribution in [3.8, 4) is 5.75 Å². The number of halogens is 1. The molecular formula is C21H23BrNO3+. The zero-order valence-corrected chi connectivity index (χ0v) is 17.1. The fourth-order valence-electron chi connectivity index (χ4n) is 3.27. The van der Waals surface area contributed by atoms with E-state index < -0.39 is 0 Å². The lowest BCUT2D eigenvalue weighted by molar-refractivity contribution is -0.907. The van der Waals surface area contributed by atoms with Gasteiger partial charge in [-0.3, -0.25) is 0 Å². The van der Waals surface area contributed by atoms with Crippen molar-refractivity contribution in [3.63, 3.8) is 0 Å². The van der Waals surface area contributed by atoms with E-state index in [2.05, 4.69) is 35.1 Å². The van der Waals surface area contributed by atoms with Crippen molar-refractivity contribution >= 4 is 26.9 Å². The predicted molar refractivity (Wildman–Crippen MR) is 107 cm³/mol. The lowest BCUT2D eigenvalue weighted by Gasteiger charge is -2.17. The van der Waals surface area contributed by atoms with Gasteiger partial charge in [-0.25, -0.2) is 4.79 Å². The van der Waals surface area contributed by atoms with Gasteiger partial charge in [0, 0.05) is 27.1 Å². The number of hydrogen-bond acceptors (Lipinski definition) is 3. The molecule has 3 rings (SSSR count). The third-order valence-electron chi connectivity index (χ3n) is 4.74. The Morgan fingerprint density at radius 2 is 1.81 bits per heavy atom. The van der Waals surface area contributed by atoms with Crippen molar-refractivity contribution in [3.05, 3.63) is 73.5 Å². The molecule has 2 aromatic carbocycles. The third kappa shape index (κ3) is 3.84. The van der Waals surface area contributed by atoms with Crippen LogP contribution < -0.4 is 15.3 Å². The van der Waals surface area contributed by atoms with Crippen LogP contribution in [0.3, 0.4) is 0 Å². The quantitative estimate of drug-likeness (QED) is 0.648. The maximum absolute atomic E-state index is 12.1. The Labute approximate surface area is 161 Å². The van der Waals surface area contributed by atoms with Crippen LogP contribution in [0.1, 0.15) is 22.3 Å². The van der Waals surface area contributed by atoms with Crippen molar-refractivity contribution < 1.29 is 14.1 Å². The first-order valence-electron chi connectivity index (χ1n) is 8.55. The van der Waals surface area contributed by atoms with Gasteiger partial charge >= 0.3 is 5.63 Å². The Kier molecular flexibility index (Phi) is 5.49. The normalized spacial score (nSPS) is 12.3. The molecule has 0 saturated heterocycles. The van der Waals surface area contributed by atoms with Crippen LogP contribution in [0.25, 0.3) is 11.0 Å². The average molecular weight is 417 g/mol. The fraction of sp³-hybridized carbons (Fsp3) is 0.286. The molecule has 1 heterocycles. The average Bonchev–Trinajstić information content (AvgIpc) is 2.58. The summed E-state index contributed by atoms with van der Waals surface area (Å²) in [4.78, 5) is 13.3. The standard InChI is InChI=1S/C21H22BrNO3/c1-13-5-7-18-15(10-20(24)26-21(18)14(13)2)11-23(3)12-16-9-17(22)6-8-19(16)25-4/h5-10H,11-12H2,1-4H3/p+1. The van der Waals surface area contributed by atoms with Crippen molar-refractivity contribution in [2.24, 2.45) is 0 Å². The highest BCUT2D eigenvalue weighted by Gasteiger charge is 2.15. The van der Waals surface area contributed by atoms with Gasteiger partial charge in [-0.15, -0.1) is 0 Å². The summed E-state index contributed by atoms with van der Waals surface area (Å²) in [5.74, 6) is 0.872. The number of quaternary nitrogens is 1. The summed E-state index contributed by atoms with van der Waals surface area (Å²) in [5, 5.41) is 1.01. The molecule has 0 aliphatic heterocycles. The molecule has 0 saturated carbocycles. The highest BCUT2D eigenvalue weighted by Crippen LogP contribution is 2.24. The first-order valence-corrected chi connectivity index (χ1v) is 9.35. The van der Waals surface area contributed by atoms with Crippen molar-refractivity contribution in [2.45, 2.75) is 26.9 Å². The summed E-state index contributed by atoms with van der Waals surface area (Å²) in [6.45, 7) is 5.53. The largest absolute Gasteiger partial charge is 0.496 e. The number of hydrogen-bond donors (Lipinski definition) is 1. The number of rotatable bonds is 5. The molecule has 5 heteroatoms. The summed E-state index contributed by atoms with van der Waals surface area (Å²) >= 11 is 3.52. The highest BCUT2D eigenvalue weighted by molar-refractivity contribution is 9.10. The van der Waals surface area contributed by atoms with Gasteiger partial charge in [0.15, 0.2) is 0 Å². The molecule has 0 aliphatic rings. The molecular weight excluding hydrogens is 394 g/mol. The minimum Gasteiger partial charge on any atom is -0.496 e. The Balaban J connectivity index is 1.93. The fourth-order valence-corrected chi connectivity index (χ4v) is 3.68. The van der Waals surface area contributed by atoms with Gasteiger partial charge in [-0.2, -0.15) is 0 Å². The number of nitrogens with one attached hydrogen (secondary N) is 1. The smallest absolute Gasteiger partial charge is 0.336 e. The van der Waals surface area contributed by atoms with Gasteiger partial charge in [0.2, 0.25) is 0 Å². The molecule has 1 aromatic heterocycles. The van der Waals surface area contributed by atoms with Gasteiger partial charge < -0.3 is 14.1 Å². The topological polar surface area (TPSA) is 43.9 Å². The first kappa shape index (κ1) is 18.7. The van der Waals surface area contributed by atoms with Crippen LogP contribution in [0, 0.1) is 13.8 Å². The van der Waals surface area contributed by atoms with E-state index in [1.165, 1.54) is 4.90 Å². The Morgan fingerprint density at radius 3 is 2.54 bits per heavy atom. The summed E-state index contributed by atoms with van der Waals surface area (Å²) < 4.78 is 12.0. The molecule has 0 spiro atoms. The van der Waals surface area contributed by atoms with Gasteiger partial charge in [0.25, 0.3) is 0 Å². The van der Waals surface area contributed by atoms with Gasteiger partial charge in [0.05, 0.1) is 14.2 Å². The number of aryl methyl sites for hydroxylation is 2. The van der Waals surface area contributed by atoms with Crippen molar-refractivity contribution in [1.82, 2.24) is 0 Å². The molecule has 0 aliphatic carbocycles. The maximum Gasteiger partial charge on any atom is 0.336 e. The van der Waals surface area contributed by atoms with Crippen molar-refractivity contribution in [1.29, 1.82) is 0 Å². The van der Waals surface area contributed by atoms with Crippen LogP contribution in [0.2, 0.25) is 0 Å². The van der Waals surface area contributed by atoms with Crippen molar-refractivity contribution in [2.75, 3.05) is 14.2 Å². The first-order chi connectivity index (χ1) is 12.4. The van der Waals surface area contributed by atoms with Crippen LogP contribution in [0.15, 0.2) is 50.1 Å². The van der Waals surface area contributed by atoms with E-state index in [0.29, 0.717) is 5.58 Å². The van der Waals surface area contributed by atoms with E-state index in [1.807, 2.05) is 32.0 Å². The van der Waals surface area contributed by atoms with Crippen LogP contribution in [0.4, 0.5) is 0 Å². The second-order valence-electron chi connectivity index (χ2n) is 6.74. The van der Waals surface area contributed by atoms with Gasteiger partial charge in [-0.05, 0) is 43.2 Å². The third-order valence-corrected chi connectivity index (χ3v) is 5.24. The predicted octanol–water partition coefficient (Wildman–Crippen LogP) is 3.40. The van der Waals surface area contributed by atoms with E-state index in [-0.39, 0.29) is 5.63 Å². The summed E-state index contributed by atoms with van der Waals surface area (Å²) in [6.07, 6.45) is 0. The number of ether oxygens (including phenoxy) is 1. The summed E-state index contributed by atoms with van der Waals surface area (Å²) in [5.41, 5.74) is 4.67. The lowest BCUT2D eigenvalue weighted by atomic mass is 10.0. The van der Waals surface area contributed by atoms with Crippen LogP contribution in [-0.2, 0) is 13.1 Å². The van der Waals surface area contributed by atoms with E-state index in [4.69, 9.17) is 9.15 Å². The van der Waals surface area contributed by atoms with E-state index >= 15 is 0 Å². The molecule has 0 radical (unpaired) electrons. The van der Waals surface area contributed by atoms with Crippen LogP contribution in [-0.4, -0.2) is 14.2 Å². The molecule has 1 unspecified atom stereocenters. The zero-order valence-electron chi connectivity index (χ0n) is 15.5. The Bertz CT molecular complexity index is 1010. The maximum atomic E-state index is 12.1. The number of methoxy groups -OCH3 is 1. The minimum atomic E-state index is -0.297. The Morgan fingerprint density at radius 1 is 1.08 bits per heavy atom. The van der Waals surface area contributed by atoms with E-state index in [0.717, 1.165) is 51.0 Å². The summed E-state index contributed by atoms with van der Waals surface area (Å²) in [7, 11) is 3.80. The van der Waals surface area contributed by atoms with Gasteiger partial charge in [-0.1, -0.05) is 28.1 Å². The molecule has 0 fully saturated rings. The van der Waals surface area contributed by atoms with E-state index in [1.54, 1.807) is 13.2 Å². The van der Waals surface area contributed by atoms with Gasteiger partial charge in [0.1, 0.15) is 24.4 Å². The lowest BCUT2D eigenvalue weighted by Crippen LogP contribution is -3.06. The monoisotopic (exact) mass is 416 g/mol. The molecule has 0 amide bonds. The summed E-state index contributed by atoms with van der Waals surface area (Å²) in [6, 6.07) is 11.7. The van der Waals surface area contributed by atoms with Crippen LogP contribution in [0.5, 0.6) is 5.75 Å². The van der Waals surface area contributed by atoms with E-state index in [9.17, 15) is 4.79 Å². The molecule has 0 bridgehead atoms. The number of benzene rings is 2. The molecule has 1 N–H and O–H groups in total. The molecule has 136 valence electrons. The zero-order chi connectivity index (χ0) is 18.8. The second kappa shape index (κ2) is 7.64. The Hall–Kier alpha value is -2.11. The molecule has 4 nitrogen and oxygen atoms in total. The van der Waals surface area contributed by atoms with Crippen LogP contribution >= 0.6 is 15.9 Å². The highest BCUT2D eigenvalue weighted by atomic mass is 79.9. The number of fused-ring (bicyclic) bond motifs is 1. The molecule has 26 heavy (non-hydrogen) atoms.